The molecule has 12 heteroatoms. The molecule has 5 N–H and O–H groups in total. The lowest BCUT2D eigenvalue weighted by atomic mass is 9.84. The number of hydrogen-bond acceptors (Lipinski definition) is 7. The van der Waals surface area contributed by atoms with Crippen LogP contribution in [-0.2, 0) is 25.7 Å². The van der Waals surface area contributed by atoms with E-state index in [9.17, 15) is 24.3 Å². The third kappa shape index (κ3) is 9.29. The van der Waals surface area contributed by atoms with Crippen LogP contribution in [0.5, 0.6) is 0 Å². The lowest BCUT2D eigenvalue weighted by molar-refractivity contribution is -0.141. The molecule has 1 saturated carbocycles. The van der Waals surface area contributed by atoms with Crippen molar-refractivity contribution in [2.24, 2.45) is 16.6 Å². The molecule has 2 aromatic carbocycles. The minimum Gasteiger partial charge on any atom is -0.480 e. The lowest BCUT2D eigenvalue weighted by Crippen LogP contribution is -2.55. The first-order chi connectivity index (χ1) is 23.3. The zero-order valence-electron chi connectivity index (χ0n) is 26.9. The topological polar surface area (TPSA) is 163 Å². The molecule has 0 radical (unpaired) electrons. The van der Waals surface area contributed by atoms with Crippen LogP contribution in [0, 0.1) is 5.92 Å². The molecule has 1 aliphatic carbocycles. The lowest BCUT2D eigenvalue weighted by Gasteiger charge is -2.33. The Balaban J connectivity index is 1.23. The van der Waals surface area contributed by atoms with Gasteiger partial charge in [-0.25, -0.2) is 4.79 Å². The highest BCUT2D eigenvalue weighted by Crippen LogP contribution is 2.31. The Kier molecular flexibility index (Phi) is 12.3. The third-order valence-electron chi connectivity index (χ3n) is 8.96. The van der Waals surface area contributed by atoms with Gasteiger partial charge in [0.05, 0.1) is 30.6 Å². The Morgan fingerprint density at radius 2 is 1.58 bits per heavy atom. The van der Waals surface area contributed by atoms with Crippen LogP contribution in [0.4, 0.5) is 4.79 Å². The summed E-state index contributed by atoms with van der Waals surface area (Å²) in [6.07, 6.45) is 6.09. The number of ether oxygens (including phenoxy) is 1. The summed E-state index contributed by atoms with van der Waals surface area (Å²) in [7, 11) is 0. The van der Waals surface area contributed by atoms with Gasteiger partial charge >= 0.3 is 12.1 Å². The summed E-state index contributed by atoms with van der Waals surface area (Å²) in [5.41, 5.74) is 7.80. The number of amidine groups is 1. The standard InChI is InChI=1S/C36H43N5O6S/c37-33(40-36(46)47-23-24-11-4-1-5-12-24)29-19-18-27(48-29)21-39-34(44)28-17-10-20-41(28)35(45)32(38-22-30(42)43)31(25-13-6-2-7-14-25)26-15-8-3-9-16-26/h2-3,6-9,13-16,18-19,24,28,31-32,38H,1,4-5,10-12,17,20-23H2,(H,39,44)(H,42,43)(H2,37,40,46)/t28-,32+/m0/s1. The van der Waals surface area contributed by atoms with E-state index < -0.39 is 36.6 Å². The Hall–Kier alpha value is -4.55. The van der Waals surface area contributed by atoms with Crippen LogP contribution in [0.15, 0.2) is 77.8 Å². The molecule has 254 valence electrons. The van der Waals surface area contributed by atoms with Crippen molar-refractivity contribution in [3.63, 3.8) is 0 Å². The maximum Gasteiger partial charge on any atom is 0.435 e. The van der Waals surface area contributed by atoms with Gasteiger partial charge in [0.1, 0.15) is 11.9 Å². The smallest absolute Gasteiger partial charge is 0.435 e. The molecule has 3 aromatic rings. The third-order valence-corrected chi connectivity index (χ3v) is 10.1. The molecular formula is C36H43N5O6S. The van der Waals surface area contributed by atoms with Gasteiger partial charge in [-0.15, -0.1) is 11.3 Å². The minimum absolute atomic E-state index is 0.0603. The number of benzene rings is 2. The van der Waals surface area contributed by atoms with Crippen LogP contribution < -0.4 is 16.4 Å². The maximum absolute atomic E-state index is 14.3. The van der Waals surface area contributed by atoms with Crippen LogP contribution in [-0.4, -0.2) is 71.5 Å². The fourth-order valence-electron chi connectivity index (χ4n) is 6.56. The highest BCUT2D eigenvalue weighted by molar-refractivity contribution is 7.14. The summed E-state index contributed by atoms with van der Waals surface area (Å²) < 4.78 is 5.33. The molecule has 0 bridgehead atoms. The van der Waals surface area contributed by atoms with E-state index in [0.717, 1.165) is 41.7 Å². The zero-order chi connectivity index (χ0) is 33.9. The van der Waals surface area contributed by atoms with E-state index in [0.29, 0.717) is 36.8 Å². The number of nitrogens with two attached hydrogens (primary N) is 1. The highest BCUT2D eigenvalue weighted by Gasteiger charge is 2.40. The predicted octanol–water partition coefficient (Wildman–Crippen LogP) is 4.65. The molecule has 2 fully saturated rings. The van der Waals surface area contributed by atoms with Crippen molar-refractivity contribution in [3.8, 4) is 0 Å². The van der Waals surface area contributed by atoms with Crippen molar-refractivity contribution in [2.45, 2.75) is 69.5 Å². The average molecular weight is 674 g/mol. The Bertz CT molecular complexity index is 1530. The van der Waals surface area contributed by atoms with Crippen LogP contribution in [0.1, 0.15) is 71.7 Å². The molecule has 1 aliphatic heterocycles. The summed E-state index contributed by atoms with van der Waals surface area (Å²) >= 11 is 1.31. The number of aliphatic imine (C=N–C) groups is 1. The molecule has 2 atom stereocenters. The van der Waals surface area contributed by atoms with E-state index in [1.54, 1.807) is 11.0 Å². The molecule has 0 unspecified atom stereocenters. The molecule has 3 amide bonds. The number of thiophene rings is 1. The molecule has 1 saturated heterocycles. The number of nitrogens with one attached hydrogen (secondary N) is 2. The van der Waals surface area contributed by atoms with E-state index in [1.165, 1.54) is 17.8 Å². The molecule has 1 aromatic heterocycles. The predicted molar refractivity (Wildman–Crippen MR) is 184 cm³/mol. The Labute approximate surface area is 284 Å². The van der Waals surface area contributed by atoms with Crippen LogP contribution in [0.25, 0.3) is 0 Å². The van der Waals surface area contributed by atoms with Crippen LogP contribution in [0.3, 0.4) is 0 Å². The summed E-state index contributed by atoms with van der Waals surface area (Å²) in [5, 5.41) is 15.4. The fraction of sp³-hybridized carbons (Fsp3) is 0.417. The monoisotopic (exact) mass is 673 g/mol. The summed E-state index contributed by atoms with van der Waals surface area (Å²) in [6.45, 7) is 0.528. The minimum atomic E-state index is -1.08. The number of amides is 3. The number of carbonyl (C=O) groups excluding carboxylic acids is 3. The number of nitrogens with zero attached hydrogens (tertiary/aromatic N) is 2. The molecule has 2 heterocycles. The first-order valence-corrected chi connectivity index (χ1v) is 17.3. The zero-order valence-corrected chi connectivity index (χ0v) is 27.7. The highest BCUT2D eigenvalue weighted by atomic mass is 32.1. The Morgan fingerprint density at radius 3 is 2.23 bits per heavy atom. The fourth-order valence-corrected chi connectivity index (χ4v) is 7.41. The maximum atomic E-state index is 14.3. The van der Waals surface area contributed by atoms with E-state index in [4.69, 9.17) is 10.5 Å². The Morgan fingerprint density at radius 1 is 0.917 bits per heavy atom. The van der Waals surface area contributed by atoms with Crippen LogP contribution in [0.2, 0.25) is 0 Å². The summed E-state index contributed by atoms with van der Waals surface area (Å²) in [6, 6.07) is 20.9. The van der Waals surface area contributed by atoms with E-state index in [1.807, 2.05) is 66.7 Å². The van der Waals surface area contributed by atoms with Gasteiger partial charge in [0, 0.05) is 17.3 Å². The second-order valence-corrected chi connectivity index (χ2v) is 13.5. The number of hydrogen-bond donors (Lipinski definition) is 4. The molecular weight excluding hydrogens is 630 g/mol. The van der Waals surface area contributed by atoms with Gasteiger partial charge in [-0.2, -0.15) is 4.99 Å². The largest absolute Gasteiger partial charge is 0.480 e. The van der Waals surface area contributed by atoms with Crippen molar-refractivity contribution >= 4 is 41.0 Å². The number of carbonyl (C=O) groups is 4. The van der Waals surface area contributed by atoms with Crippen molar-refractivity contribution in [3.05, 3.63) is 93.7 Å². The van der Waals surface area contributed by atoms with Crippen molar-refractivity contribution in [1.29, 1.82) is 0 Å². The molecule has 48 heavy (non-hydrogen) atoms. The molecule has 2 aliphatic rings. The second-order valence-electron chi connectivity index (χ2n) is 12.3. The number of carboxylic acid groups (broad SMARTS) is 1. The van der Waals surface area contributed by atoms with Gasteiger partial charge in [-0.3, -0.25) is 19.7 Å². The SMILES string of the molecule is N/C(=N\C(=O)OCC1CCCCC1)c1ccc(CNC(=O)[C@@H]2CCCN2C(=O)[C@H](NCC(=O)O)C(c2ccccc2)c2ccccc2)s1. The number of carboxylic acids is 1. The van der Waals surface area contributed by atoms with Gasteiger partial charge < -0.3 is 25.8 Å². The second kappa shape index (κ2) is 17.0. The first kappa shape index (κ1) is 34.8. The van der Waals surface area contributed by atoms with E-state index >= 15 is 0 Å². The van der Waals surface area contributed by atoms with Gasteiger partial charge in [-0.1, -0.05) is 79.9 Å². The van der Waals surface area contributed by atoms with Gasteiger partial charge in [0.25, 0.3) is 0 Å². The summed E-state index contributed by atoms with van der Waals surface area (Å²) in [4.78, 5) is 58.5. The molecule has 11 nitrogen and oxygen atoms in total. The van der Waals surface area contributed by atoms with Gasteiger partial charge in [-0.05, 0) is 54.9 Å². The van der Waals surface area contributed by atoms with Gasteiger partial charge in [0.15, 0.2) is 0 Å². The first-order valence-electron chi connectivity index (χ1n) is 16.5. The quantitative estimate of drug-likeness (QED) is 0.151. The van der Waals surface area contributed by atoms with Crippen LogP contribution >= 0.6 is 11.3 Å². The van der Waals surface area contributed by atoms with E-state index in [-0.39, 0.29) is 24.2 Å². The average Bonchev–Trinajstić information content (AvgIpc) is 3.80. The number of likely N-dealkylation sites (tertiary alicyclic amines) is 1. The van der Waals surface area contributed by atoms with Crippen molar-refractivity contribution in [2.75, 3.05) is 19.7 Å². The molecule has 5 rings (SSSR count). The normalized spacial score (nSPS) is 17.6. The van der Waals surface area contributed by atoms with Crippen molar-refractivity contribution < 1.29 is 29.0 Å². The molecule has 0 spiro atoms. The summed E-state index contributed by atoms with van der Waals surface area (Å²) in [5.74, 6) is -1.75. The van der Waals surface area contributed by atoms with Crippen molar-refractivity contribution in [1.82, 2.24) is 15.5 Å². The van der Waals surface area contributed by atoms with Gasteiger partial charge in [0.2, 0.25) is 11.8 Å². The number of rotatable bonds is 13. The van der Waals surface area contributed by atoms with E-state index in [2.05, 4.69) is 15.6 Å². The number of aliphatic carboxylic acids is 1.